The van der Waals surface area contributed by atoms with Gasteiger partial charge in [0.2, 0.25) is 0 Å². The first-order chi connectivity index (χ1) is 13.9. The average Bonchev–Trinajstić information content (AvgIpc) is 3.11. The van der Waals surface area contributed by atoms with Crippen molar-refractivity contribution in [2.45, 2.75) is 32.9 Å². The number of benzene rings is 2. The smallest absolute Gasteiger partial charge is 0.304 e. The van der Waals surface area contributed by atoms with E-state index in [0.717, 1.165) is 28.3 Å². The van der Waals surface area contributed by atoms with Gasteiger partial charge in [0.15, 0.2) is 0 Å². The summed E-state index contributed by atoms with van der Waals surface area (Å²) in [4.78, 5) is 12.9. The normalized spacial score (nSPS) is 11.2. The van der Waals surface area contributed by atoms with E-state index in [9.17, 15) is 4.79 Å². The van der Waals surface area contributed by atoms with Gasteiger partial charge in [-0.25, -0.2) is 4.68 Å². The van der Waals surface area contributed by atoms with E-state index < -0.39 is 5.97 Å². The number of carboxylic acid groups (broad SMARTS) is 1. The first-order valence-electron chi connectivity index (χ1n) is 9.74. The highest BCUT2D eigenvalue weighted by molar-refractivity contribution is 5.67. The lowest BCUT2D eigenvalue weighted by Crippen LogP contribution is -2.21. The lowest BCUT2D eigenvalue weighted by Gasteiger charge is -2.15. The van der Waals surface area contributed by atoms with Crippen LogP contribution in [0.4, 0.5) is 0 Å². The predicted molar refractivity (Wildman–Crippen MR) is 113 cm³/mol. The van der Waals surface area contributed by atoms with Crippen molar-refractivity contribution in [2.24, 2.45) is 0 Å². The lowest BCUT2D eigenvalue weighted by atomic mass is 10.1. The summed E-state index contributed by atoms with van der Waals surface area (Å²) < 4.78 is 7.61. The Kier molecular flexibility index (Phi) is 6.67. The molecule has 1 heterocycles. The van der Waals surface area contributed by atoms with Crippen molar-refractivity contribution in [1.29, 1.82) is 0 Å². The van der Waals surface area contributed by atoms with Crippen LogP contribution in [-0.2, 0) is 11.3 Å². The van der Waals surface area contributed by atoms with Crippen molar-refractivity contribution in [2.75, 3.05) is 13.6 Å². The van der Waals surface area contributed by atoms with Gasteiger partial charge in [0.25, 0.3) is 0 Å². The van der Waals surface area contributed by atoms with E-state index in [4.69, 9.17) is 14.9 Å². The molecule has 2 aromatic carbocycles. The first-order valence-corrected chi connectivity index (χ1v) is 9.74. The van der Waals surface area contributed by atoms with E-state index in [-0.39, 0.29) is 12.5 Å². The highest BCUT2D eigenvalue weighted by Crippen LogP contribution is 2.27. The van der Waals surface area contributed by atoms with E-state index in [1.54, 1.807) is 0 Å². The van der Waals surface area contributed by atoms with Gasteiger partial charge in [-0.05, 0) is 57.3 Å². The summed E-state index contributed by atoms with van der Waals surface area (Å²) in [6.45, 7) is 5.09. The first kappa shape index (κ1) is 20.6. The van der Waals surface area contributed by atoms with Crippen molar-refractivity contribution in [3.8, 4) is 22.7 Å². The van der Waals surface area contributed by atoms with Gasteiger partial charge in [-0.15, -0.1) is 0 Å². The number of nitrogens with zero attached hydrogens (tertiary/aromatic N) is 3. The van der Waals surface area contributed by atoms with Crippen LogP contribution in [-0.4, -0.2) is 45.5 Å². The number of hydrogen-bond acceptors (Lipinski definition) is 4. The van der Waals surface area contributed by atoms with Crippen molar-refractivity contribution >= 4 is 5.97 Å². The minimum absolute atomic E-state index is 0.111. The van der Waals surface area contributed by atoms with Crippen molar-refractivity contribution < 1.29 is 14.6 Å². The molecule has 0 bridgehead atoms. The lowest BCUT2D eigenvalue weighted by molar-refractivity contribution is -0.137. The molecular formula is C23H27N3O3. The third kappa shape index (κ3) is 5.68. The largest absolute Gasteiger partial charge is 0.491 e. The van der Waals surface area contributed by atoms with Crippen LogP contribution >= 0.6 is 0 Å². The Morgan fingerprint density at radius 2 is 1.83 bits per heavy atom. The van der Waals surface area contributed by atoms with Gasteiger partial charge in [-0.2, -0.15) is 5.10 Å². The maximum absolute atomic E-state index is 10.9. The third-order valence-electron chi connectivity index (χ3n) is 4.46. The van der Waals surface area contributed by atoms with Gasteiger partial charge in [0.05, 0.1) is 23.9 Å². The number of hydrogen-bond donors (Lipinski definition) is 1. The molecule has 1 N–H and O–H groups in total. The zero-order valence-corrected chi connectivity index (χ0v) is 17.1. The van der Waals surface area contributed by atoms with Gasteiger partial charge < -0.3 is 14.7 Å². The molecule has 0 atom stereocenters. The second-order valence-electron chi connectivity index (χ2n) is 7.36. The molecule has 0 spiro atoms. The molecule has 6 heteroatoms. The molecule has 0 radical (unpaired) electrons. The maximum atomic E-state index is 10.9. The van der Waals surface area contributed by atoms with E-state index in [1.165, 1.54) is 0 Å². The molecule has 0 saturated heterocycles. The summed E-state index contributed by atoms with van der Waals surface area (Å²) >= 11 is 0. The van der Waals surface area contributed by atoms with Crippen LogP contribution in [0.5, 0.6) is 5.75 Å². The Bertz CT molecular complexity index is 934. The van der Waals surface area contributed by atoms with Gasteiger partial charge in [-0.3, -0.25) is 4.79 Å². The molecule has 152 valence electrons. The number of para-hydroxylation sites is 1. The van der Waals surface area contributed by atoms with Gasteiger partial charge >= 0.3 is 5.97 Å². The minimum atomic E-state index is -0.794. The summed E-state index contributed by atoms with van der Waals surface area (Å²) in [6.07, 6.45) is 2.25. The molecule has 0 aliphatic rings. The fraction of sp³-hybridized carbons (Fsp3) is 0.304. The molecule has 6 nitrogen and oxygen atoms in total. The molecule has 0 aliphatic carbocycles. The number of aromatic nitrogens is 2. The molecular weight excluding hydrogens is 366 g/mol. The molecule has 0 saturated carbocycles. The molecule has 29 heavy (non-hydrogen) atoms. The van der Waals surface area contributed by atoms with Crippen LogP contribution < -0.4 is 4.74 Å². The van der Waals surface area contributed by atoms with E-state index >= 15 is 0 Å². The van der Waals surface area contributed by atoms with Gasteiger partial charge in [0, 0.05) is 30.4 Å². The third-order valence-corrected chi connectivity index (χ3v) is 4.46. The Morgan fingerprint density at radius 3 is 2.45 bits per heavy atom. The molecule has 1 aromatic heterocycles. The number of rotatable bonds is 9. The summed E-state index contributed by atoms with van der Waals surface area (Å²) in [7, 11) is 1.92. The Morgan fingerprint density at radius 1 is 1.14 bits per heavy atom. The number of ether oxygens (including phenoxy) is 1. The second-order valence-corrected chi connectivity index (χ2v) is 7.36. The Hall–Kier alpha value is -3.12. The molecule has 0 amide bonds. The number of carboxylic acids is 1. The van der Waals surface area contributed by atoms with E-state index in [0.29, 0.717) is 13.1 Å². The van der Waals surface area contributed by atoms with Crippen LogP contribution in [0.25, 0.3) is 16.9 Å². The Balaban J connectivity index is 1.91. The highest BCUT2D eigenvalue weighted by atomic mass is 16.5. The predicted octanol–water partition coefficient (Wildman–Crippen LogP) is 4.23. The minimum Gasteiger partial charge on any atom is -0.491 e. The fourth-order valence-electron chi connectivity index (χ4n) is 3.10. The van der Waals surface area contributed by atoms with Crippen LogP contribution in [0, 0.1) is 0 Å². The van der Waals surface area contributed by atoms with Crippen molar-refractivity contribution in [1.82, 2.24) is 14.7 Å². The number of carbonyl (C=O) groups is 1. The van der Waals surface area contributed by atoms with Crippen molar-refractivity contribution in [3.05, 3.63) is 66.4 Å². The molecule has 0 aliphatic heterocycles. The summed E-state index contributed by atoms with van der Waals surface area (Å²) in [5.41, 5.74) is 3.90. The van der Waals surface area contributed by atoms with Gasteiger partial charge in [0.1, 0.15) is 5.75 Å². The van der Waals surface area contributed by atoms with Crippen LogP contribution in [0.15, 0.2) is 60.8 Å². The van der Waals surface area contributed by atoms with Crippen LogP contribution in [0.2, 0.25) is 0 Å². The maximum Gasteiger partial charge on any atom is 0.304 e. The SMILES string of the molecule is CC(C)Oc1ccc(-c2nn(-c3ccccc3)cc2CN(C)CCC(=O)O)cc1. The molecule has 3 rings (SSSR count). The molecule has 0 fully saturated rings. The van der Waals surface area contributed by atoms with E-state index in [2.05, 4.69) is 0 Å². The second kappa shape index (κ2) is 9.39. The quantitative estimate of drug-likeness (QED) is 0.589. The summed E-state index contributed by atoms with van der Waals surface area (Å²) in [6, 6.07) is 17.9. The zero-order chi connectivity index (χ0) is 20.8. The van der Waals surface area contributed by atoms with Crippen molar-refractivity contribution in [3.63, 3.8) is 0 Å². The highest BCUT2D eigenvalue weighted by Gasteiger charge is 2.15. The van der Waals surface area contributed by atoms with Gasteiger partial charge in [-0.1, -0.05) is 18.2 Å². The zero-order valence-electron chi connectivity index (χ0n) is 17.1. The average molecular weight is 393 g/mol. The van der Waals surface area contributed by atoms with Crippen LogP contribution in [0.3, 0.4) is 0 Å². The van der Waals surface area contributed by atoms with Crippen LogP contribution in [0.1, 0.15) is 25.8 Å². The standard InChI is InChI=1S/C23H27N3O3/c1-17(2)29-21-11-9-18(10-12-21)23-19(15-25(3)14-13-22(27)28)16-26(24-23)20-7-5-4-6-8-20/h4-12,16-17H,13-15H2,1-3H3,(H,27,28). The fourth-order valence-corrected chi connectivity index (χ4v) is 3.10. The summed E-state index contributed by atoms with van der Waals surface area (Å²) in [5.74, 6) is 0.0316. The monoisotopic (exact) mass is 393 g/mol. The molecule has 0 unspecified atom stereocenters. The summed E-state index contributed by atoms with van der Waals surface area (Å²) in [5, 5.41) is 13.8. The number of aliphatic carboxylic acids is 1. The van der Waals surface area contributed by atoms with E-state index in [1.807, 2.05) is 91.3 Å². The topological polar surface area (TPSA) is 67.6 Å². The Labute approximate surface area is 171 Å². The molecule has 3 aromatic rings.